The number of allylic oxidation sites excluding steroid dienone is 1. The minimum absolute atomic E-state index is 0.165. The average Bonchev–Trinajstić information content (AvgIpc) is 2.66. The third-order valence-electron chi connectivity index (χ3n) is 5.08. The van der Waals surface area contributed by atoms with E-state index in [4.69, 9.17) is 0 Å². The molecule has 150 valence electrons. The Bertz CT molecular complexity index is 703. The molecule has 0 atom stereocenters. The van der Waals surface area contributed by atoms with E-state index >= 15 is 0 Å². The van der Waals surface area contributed by atoms with Gasteiger partial charge in [0.1, 0.15) is 0 Å². The lowest BCUT2D eigenvalue weighted by atomic mass is 9.86. The van der Waals surface area contributed by atoms with Crippen molar-refractivity contribution in [1.82, 2.24) is 0 Å². The van der Waals surface area contributed by atoms with Crippen LogP contribution in [0.25, 0.3) is 0 Å². The summed E-state index contributed by atoms with van der Waals surface area (Å²) in [5.41, 5.74) is 5.26. The number of carboxylic acids is 2. The number of carbonyl (C=O) groups is 2. The fourth-order valence-corrected chi connectivity index (χ4v) is 3.76. The molecule has 27 heavy (non-hydrogen) atoms. The Hall–Kier alpha value is -2.08. The van der Waals surface area contributed by atoms with E-state index in [1.807, 2.05) is 20.8 Å². The Kier molecular flexibility index (Phi) is 9.28. The Labute approximate surface area is 165 Å². The Morgan fingerprint density at radius 3 is 1.85 bits per heavy atom. The minimum atomic E-state index is -1.04. The van der Waals surface area contributed by atoms with Crippen LogP contribution in [0.5, 0.6) is 0 Å². The molecule has 0 radical (unpaired) electrons. The maximum atomic E-state index is 11.9. The van der Waals surface area contributed by atoms with Crippen LogP contribution in [0.15, 0.2) is 11.8 Å². The second-order valence-electron chi connectivity index (χ2n) is 6.71. The fourth-order valence-electron chi connectivity index (χ4n) is 3.76. The molecular weight excluding hydrogens is 358 g/mol. The Morgan fingerprint density at radius 1 is 1.00 bits per heavy atom. The topological polar surface area (TPSA) is 77.8 Å². The number of piperidine rings is 1. The molecule has 0 bridgehead atoms. The number of benzene rings is 1. The standard InChI is InChI=1S/C18H25NO4.C3H8Si/c1-4-12-13(5-2)16(19-9-7-6-8-10-19)15(18(22)23)11(3)14(12)17(20)21;1-2-3-4/h4-10H2,1-3H3,(H,20,21)(H,22,23);2-3H,1,4H3. The van der Waals surface area contributed by atoms with E-state index in [1.165, 1.54) is 10.2 Å². The normalized spacial score (nSPS) is 14.1. The second-order valence-corrected chi connectivity index (χ2v) is 7.38. The van der Waals surface area contributed by atoms with E-state index in [0.29, 0.717) is 18.4 Å². The molecule has 0 aliphatic carbocycles. The summed E-state index contributed by atoms with van der Waals surface area (Å²) in [6, 6.07) is 0. The first-order chi connectivity index (χ1) is 12.8. The van der Waals surface area contributed by atoms with E-state index in [-0.39, 0.29) is 11.1 Å². The molecule has 5 nitrogen and oxygen atoms in total. The van der Waals surface area contributed by atoms with Crippen molar-refractivity contribution in [3.8, 4) is 0 Å². The molecule has 0 spiro atoms. The highest BCUT2D eigenvalue weighted by Crippen LogP contribution is 2.37. The number of hydrogen-bond acceptors (Lipinski definition) is 3. The minimum Gasteiger partial charge on any atom is -0.478 e. The maximum absolute atomic E-state index is 11.9. The van der Waals surface area contributed by atoms with E-state index in [9.17, 15) is 19.8 Å². The summed E-state index contributed by atoms with van der Waals surface area (Å²) in [7, 11) is 1.21. The summed E-state index contributed by atoms with van der Waals surface area (Å²) in [6.45, 7) is 9.23. The second kappa shape index (κ2) is 10.9. The number of nitrogens with zero attached hydrogens (tertiary/aromatic N) is 1. The lowest BCUT2D eigenvalue weighted by Gasteiger charge is -2.34. The highest BCUT2D eigenvalue weighted by Gasteiger charge is 2.29. The molecule has 2 N–H and O–H groups in total. The molecule has 1 fully saturated rings. The van der Waals surface area contributed by atoms with Gasteiger partial charge in [-0.15, -0.1) is 5.70 Å². The zero-order valence-electron chi connectivity index (χ0n) is 17.3. The van der Waals surface area contributed by atoms with Gasteiger partial charge in [-0.1, -0.05) is 19.9 Å². The number of hydrogen-bond donors (Lipinski definition) is 2. The monoisotopic (exact) mass is 391 g/mol. The van der Waals surface area contributed by atoms with E-state index in [0.717, 1.165) is 49.2 Å². The van der Waals surface area contributed by atoms with Crippen molar-refractivity contribution in [3.63, 3.8) is 0 Å². The zero-order chi connectivity index (χ0) is 20.6. The van der Waals surface area contributed by atoms with Crippen molar-refractivity contribution in [2.45, 2.75) is 59.8 Å². The number of rotatable bonds is 5. The molecule has 1 heterocycles. The van der Waals surface area contributed by atoms with Crippen LogP contribution in [0, 0.1) is 6.92 Å². The lowest BCUT2D eigenvalue weighted by Crippen LogP contribution is -2.33. The molecular formula is C21H33NO4Si. The molecule has 1 aliphatic heterocycles. The van der Waals surface area contributed by atoms with Crippen molar-refractivity contribution in [2.75, 3.05) is 18.0 Å². The summed E-state index contributed by atoms with van der Waals surface area (Å²) >= 11 is 0. The van der Waals surface area contributed by atoms with Crippen LogP contribution in [-0.4, -0.2) is 45.5 Å². The average molecular weight is 392 g/mol. The molecule has 0 unspecified atom stereocenters. The molecule has 0 aromatic heterocycles. The number of carboxylic acid groups (broad SMARTS) is 2. The third-order valence-corrected chi connectivity index (χ3v) is 5.75. The van der Waals surface area contributed by atoms with Gasteiger partial charge in [0, 0.05) is 23.3 Å². The SMILES string of the molecule is CC=C[SiH3].CCc1c(CC)c(N2CCCCC2)c(C(=O)O)c(C)c1C(=O)O. The molecule has 1 aliphatic rings. The molecule has 6 heteroatoms. The van der Waals surface area contributed by atoms with Crippen LogP contribution < -0.4 is 4.90 Å². The summed E-state index contributed by atoms with van der Waals surface area (Å²) in [5, 5.41) is 19.3. The van der Waals surface area contributed by atoms with Gasteiger partial charge in [-0.2, -0.15) is 0 Å². The molecule has 1 aromatic rings. The summed E-state index contributed by atoms with van der Waals surface area (Å²) < 4.78 is 0. The van der Waals surface area contributed by atoms with E-state index in [1.54, 1.807) is 6.92 Å². The molecule has 1 aromatic carbocycles. The van der Waals surface area contributed by atoms with Crippen molar-refractivity contribution in [2.24, 2.45) is 0 Å². The summed E-state index contributed by atoms with van der Waals surface area (Å²) in [6.07, 6.45) is 6.54. The number of anilines is 1. The first-order valence-electron chi connectivity index (χ1n) is 9.82. The van der Waals surface area contributed by atoms with Crippen molar-refractivity contribution >= 4 is 27.9 Å². The van der Waals surface area contributed by atoms with Crippen molar-refractivity contribution < 1.29 is 19.8 Å². The highest BCUT2D eigenvalue weighted by molar-refractivity contribution is 6.16. The van der Waals surface area contributed by atoms with Gasteiger partial charge in [-0.05, 0) is 62.6 Å². The highest BCUT2D eigenvalue weighted by atomic mass is 28.1. The zero-order valence-corrected chi connectivity index (χ0v) is 19.3. The van der Waals surface area contributed by atoms with Gasteiger partial charge < -0.3 is 15.1 Å². The quantitative estimate of drug-likeness (QED) is 0.752. The van der Waals surface area contributed by atoms with Gasteiger partial charge >= 0.3 is 11.9 Å². The van der Waals surface area contributed by atoms with Crippen LogP contribution >= 0.6 is 0 Å². The van der Waals surface area contributed by atoms with Gasteiger partial charge in [0.15, 0.2) is 0 Å². The Balaban J connectivity index is 0.000000828. The van der Waals surface area contributed by atoms with Gasteiger partial charge in [0.05, 0.1) is 16.8 Å². The van der Waals surface area contributed by atoms with Crippen molar-refractivity contribution in [3.05, 3.63) is 39.6 Å². The van der Waals surface area contributed by atoms with Crippen LogP contribution in [0.4, 0.5) is 5.69 Å². The van der Waals surface area contributed by atoms with Crippen LogP contribution in [0.3, 0.4) is 0 Å². The first-order valence-corrected chi connectivity index (χ1v) is 11.0. The fraction of sp³-hybridized carbons (Fsp3) is 0.524. The van der Waals surface area contributed by atoms with Crippen LogP contribution in [0.1, 0.15) is 77.4 Å². The molecule has 0 saturated carbocycles. The largest absolute Gasteiger partial charge is 0.478 e. The van der Waals surface area contributed by atoms with Gasteiger partial charge in [0.2, 0.25) is 0 Å². The van der Waals surface area contributed by atoms with Gasteiger partial charge in [-0.3, -0.25) is 0 Å². The predicted octanol–water partition coefficient (Wildman–Crippen LogP) is 3.39. The first kappa shape index (κ1) is 23.0. The van der Waals surface area contributed by atoms with Gasteiger partial charge in [0.25, 0.3) is 0 Å². The summed E-state index contributed by atoms with van der Waals surface area (Å²) in [5.74, 6) is -2.08. The van der Waals surface area contributed by atoms with E-state index < -0.39 is 11.9 Å². The van der Waals surface area contributed by atoms with Crippen LogP contribution in [0.2, 0.25) is 0 Å². The predicted molar refractivity (Wildman–Crippen MR) is 115 cm³/mol. The summed E-state index contributed by atoms with van der Waals surface area (Å²) in [4.78, 5) is 25.8. The maximum Gasteiger partial charge on any atom is 0.338 e. The Morgan fingerprint density at radius 2 is 1.48 bits per heavy atom. The van der Waals surface area contributed by atoms with Gasteiger partial charge in [-0.25, -0.2) is 9.59 Å². The van der Waals surface area contributed by atoms with Crippen molar-refractivity contribution in [1.29, 1.82) is 0 Å². The van der Waals surface area contributed by atoms with Crippen LogP contribution in [-0.2, 0) is 12.8 Å². The van der Waals surface area contributed by atoms with E-state index in [2.05, 4.69) is 16.7 Å². The molecule has 1 saturated heterocycles. The lowest BCUT2D eigenvalue weighted by molar-refractivity contribution is 0.0695. The number of aromatic carboxylic acids is 2. The third kappa shape index (κ3) is 5.22. The molecule has 2 rings (SSSR count). The molecule has 0 amide bonds. The smallest absolute Gasteiger partial charge is 0.338 e.